The molecule has 1 atom stereocenters. The molecule has 0 bridgehead atoms. The number of alkyl halides is 1. The average molecular weight is 250 g/mol. The van der Waals surface area contributed by atoms with Crippen LogP contribution in [-0.2, 0) is 9.53 Å². The molecule has 0 saturated carbocycles. The normalized spacial score (nSPS) is 12.4. The number of hydrogen-bond donors (Lipinski definition) is 0. The van der Waals surface area contributed by atoms with Crippen molar-refractivity contribution in [1.29, 1.82) is 0 Å². The van der Waals surface area contributed by atoms with Crippen LogP contribution in [0.1, 0.15) is 46.0 Å². The molecule has 0 N–H and O–H groups in total. The number of hydrogen-bond acceptors (Lipinski definition) is 3. The first-order valence-electron chi connectivity index (χ1n) is 6.08. The van der Waals surface area contributed by atoms with E-state index in [1.807, 2.05) is 6.92 Å². The molecule has 0 aliphatic carbocycles. The molecule has 0 amide bonds. The molecule has 4 heteroatoms. The van der Waals surface area contributed by atoms with Gasteiger partial charge in [-0.15, -0.1) is 0 Å². The summed E-state index contributed by atoms with van der Waals surface area (Å²) in [4.78, 5) is 11.2. The third-order valence-electron chi connectivity index (χ3n) is 2.23. The fraction of sp³-hybridized carbons (Fsp3) is 0.917. The Hall–Kier alpha value is -0.250. The van der Waals surface area contributed by atoms with Gasteiger partial charge >= 0.3 is 5.97 Å². The zero-order valence-electron chi connectivity index (χ0n) is 10.3. The number of thioether (sulfide) groups is 1. The average Bonchev–Trinajstić information content (AvgIpc) is 2.28. The summed E-state index contributed by atoms with van der Waals surface area (Å²) in [6.07, 6.45) is 3.31. The van der Waals surface area contributed by atoms with Gasteiger partial charge in [0.15, 0.2) is 0 Å². The van der Waals surface area contributed by atoms with E-state index in [2.05, 4.69) is 6.92 Å². The minimum Gasteiger partial charge on any atom is -0.465 e. The molecule has 0 fully saturated rings. The monoisotopic (exact) mass is 250 g/mol. The van der Waals surface area contributed by atoms with Gasteiger partial charge in [0.05, 0.1) is 18.5 Å². The Labute approximate surface area is 102 Å². The Kier molecular flexibility index (Phi) is 11.1. The molecule has 0 spiro atoms. The van der Waals surface area contributed by atoms with E-state index in [4.69, 9.17) is 4.74 Å². The highest BCUT2D eigenvalue weighted by Gasteiger charge is 2.04. The SMILES string of the molecule is CCCCOC(=O)CSCCCC(F)CC. The Morgan fingerprint density at radius 1 is 1.38 bits per heavy atom. The van der Waals surface area contributed by atoms with Crippen LogP contribution >= 0.6 is 11.8 Å². The van der Waals surface area contributed by atoms with E-state index in [1.165, 1.54) is 11.8 Å². The summed E-state index contributed by atoms with van der Waals surface area (Å²) in [5, 5.41) is 0. The van der Waals surface area contributed by atoms with Crippen LogP contribution in [-0.4, -0.2) is 30.3 Å². The molecular formula is C12H23FO2S. The van der Waals surface area contributed by atoms with Crippen molar-refractivity contribution in [2.75, 3.05) is 18.1 Å². The first-order chi connectivity index (χ1) is 7.70. The Morgan fingerprint density at radius 3 is 2.75 bits per heavy atom. The summed E-state index contributed by atoms with van der Waals surface area (Å²) in [5.74, 6) is 1.08. The maximum Gasteiger partial charge on any atom is 0.315 e. The van der Waals surface area contributed by atoms with Gasteiger partial charge in [0.2, 0.25) is 0 Å². The number of unbranched alkanes of at least 4 members (excludes halogenated alkanes) is 1. The molecule has 0 rings (SSSR count). The first kappa shape index (κ1) is 15.8. The van der Waals surface area contributed by atoms with E-state index in [0.29, 0.717) is 25.2 Å². The second-order valence-electron chi connectivity index (χ2n) is 3.77. The van der Waals surface area contributed by atoms with Crippen molar-refractivity contribution in [3.05, 3.63) is 0 Å². The molecule has 16 heavy (non-hydrogen) atoms. The largest absolute Gasteiger partial charge is 0.465 e. The molecule has 1 unspecified atom stereocenters. The summed E-state index contributed by atoms with van der Waals surface area (Å²) < 4.78 is 17.8. The number of carbonyl (C=O) groups is 1. The maximum atomic E-state index is 12.8. The summed E-state index contributed by atoms with van der Waals surface area (Å²) in [7, 11) is 0. The van der Waals surface area contributed by atoms with Crippen molar-refractivity contribution < 1.29 is 13.9 Å². The summed E-state index contributed by atoms with van der Waals surface area (Å²) >= 11 is 1.53. The number of rotatable bonds is 10. The van der Waals surface area contributed by atoms with Crippen LogP contribution < -0.4 is 0 Å². The van der Waals surface area contributed by atoms with E-state index in [0.717, 1.165) is 25.0 Å². The summed E-state index contributed by atoms with van der Waals surface area (Å²) in [6.45, 7) is 4.44. The van der Waals surface area contributed by atoms with Crippen molar-refractivity contribution >= 4 is 17.7 Å². The Morgan fingerprint density at radius 2 is 2.12 bits per heavy atom. The van der Waals surface area contributed by atoms with Crippen molar-refractivity contribution in [2.24, 2.45) is 0 Å². The molecule has 0 aromatic rings. The predicted octanol–water partition coefficient (Wildman–Crippen LogP) is 3.59. The van der Waals surface area contributed by atoms with E-state index in [-0.39, 0.29) is 5.97 Å². The van der Waals surface area contributed by atoms with E-state index in [1.54, 1.807) is 0 Å². The van der Waals surface area contributed by atoms with Gasteiger partial charge in [0, 0.05) is 0 Å². The standard InChI is InChI=1S/C12H23FO2S/c1-3-5-8-15-12(14)10-16-9-6-7-11(13)4-2/h11H,3-10H2,1-2H3. The lowest BCUT2D eigenvalue weighted by Crippen LogP contribution is -2.09. The molecule has 0 radical (unpaired) electrons. The highest BCUT2D eigenvalue weighted by Crippen LogP contribution is 2.10. The maximum absolute atomic E-state index is 12.8. The molecular weight excluding hydrogens is 227 g/mol. The fourth-order valence-corrected chi connectivity index (χ4v) is 1.90. The quantitative estimate of drug-likeness (QED) is 0.438. The highest BCUT2D eigenvalue weighted by atomic mass is 32.2. The molecule has 0 saturated heterocycles. The number of carbonyl (C=O) groups excluding carboxylic acids is 1. The van der Waals surface area contributed by atoms with E-state index >= 15 is 0 Å². The Balaban J connectivity index is 3.21. The van der Waals surface area contributed by atoms with Crippen molar-refractivity contribution in [3.8, 4) is 0 Å². The van der Waals surface area contributed by atoms with Crippen LogP contribution in [0.15, 0.2) is 0 Å². The second kappa shape index (κ2) is 11.2. The van der Waals surface area contributed by atoms with Crippen LogP contribution in [0.5, 0.6) is 0 Å². The van der Waals surface area contributed by atoms with Crippen molar-refractivity contribution in [3.63, 3.8) is 0 Å². The van der Waals surface area contributed by atoms with Crippen LogP contribution in [0.3, 0.4) is 0 Å². The number of halogens is 1. The second-order valence-corrected chi connectivity index (χ2v) is 4.88. The van der Waals surface area contributed by atoms with E-state index in [9.17, 15) is 9.18 Å². The molecule has 0 heterocycles. The van der Waals surface area contributed by atoms with Gasteiger partial charge in [-0.1, -0.05) is 20.3 Å². The zero-order valence-corrected chi connectivity index (χ0v) is 11.2. The van der Waals surface area contributed by atoms with Gasteiger partial charge in [-0.3, -0.25) is 4.79 Å². The minimum absolute atomic E-state index is 0.147. The smallest absolute Gasteiger partial charge is 0.315 e. The van der Waals surface area contributed by atoms with Gasteiger partial charge < -0.3 is 4.74 Å². The minimum atomic E-state index is -0.683. The Bertz CT molecular complexity index is 176. The van der Waals surface area contributed by atoms with Crippen molar-refractivity contribution in [1.82, 2.24) is 0 Å². The molecule has 96 valence electrons. The van der Waals surface area contributed by atoms with Gasteiger partial charge in [0.1, 0.15) is 0 Å². The van der Waals surface area contributed by atoms with Gasteiger partial charge in [-0.05, 0) is 31.4 Å². The molecule has 0 aromatic heterocycles. The topological polar surface area (TPSA) is 26.3 Å². The zero-order chi connectivity index (χ0) is 12.2. The highest BCUT2D eigenvalue weighted by molar-refractivity contribution is 7.99. The van der Waals surface area contributed by atoms with Crippen LogP contribution in [0.2, 0.25) is 0 Å². The van der Waals surface area contributed by atoms with E-state index < -0.39 is 6.17 Å². The van der Waals surface area contributed by atoms with Gasteiger partial charge in [0.25, 0.3) is 0 Å². The first-order valence-corrected chi connectivity index (χ1v) is 7.23. The van der Waals surface area contributed by atoms with Crippen LogP contribution in [0.4, 0.5) is 4.39 Å². The number of esters is 1. The summed E-state index contributed by atoms with van der Waals surface area (Å²) in [5.41, 5.74) is 0. The molecule has 2 nitrogen and oxygen atoms in total. The number of ether oxygens (including phenoxy) is 1. The fourth-order valence-electron chi connectivity index (χ4n) is 1.14. The lowest BCUT2D eigenvalue weighted by molar-refractivity contribution is -0.140. The molecule has 0 aromatic carbocycles. The molecule has 0 aliphatic rings. The molecule has 0 aliphatic heterocycles. The van der Waals surface area contributed by atoms with Crippen molar-refractivity contribution in [2.45, 2.75) is 52.1 Å². The van der Waals surface area contributed by atoms with Gasteiger partial charge in [-0.25, -0.2) is 4.39 Å². The van der Waals surface area contributed by atoms with Crippen LogP contribution in [0.25, 0.3) is 0 Å². The predicted molar refractivity (Wildman–Crippen MR) is 67.6 cm³/mol. The third-order valence-corrected chi connectivity index (χ3v) is 3.25. The van der Waals surface area contributed by atoms with Crippen LogP contribution in [0, 0.1) is 0 Å². The van der Waals surface area contributed by atoms with Gasteiger partial charge in [-0.2, -0.15) is 11.8 Å². The summed E-state index contributed by atoms with van der Waals surface area (Å²) in [6, 6.07) is 0. The third kappa shape index (κ3) is 10.3. The lowest BCUT2D eigenvalue weighted by Gasteiger charge is -2.05. The lowest BCUT2D eigenvalue weighted by atomic mass is 10.2.